The average Bonchev–Trinajstić information content (AvgIpc) is 2.16. The molecular weight excluding hydrogens is 226 g/mol. The van der Waals surface area contributed by atoms with E-state index in [9.17, 15) is 23.7 Å². The Bertz CT molecular complexity index is 404. The molecule has 0 aromatic heterocycles. The molecular formula is C8H6F2N2O4. The van der Waals surface area contributed by atoms with Crippen molar-refractivity contribution in [2.24, 2.45) is 5.73 Å². The summed E-state index contributed by atoms with van der Waals surface area (Å²) in [5.41, 5.74) is 3.67. The first-order valence-electron chi connectivity index (χ1n) is 3.95. The minimum absolute atomic E-state index is 0.463. The molecule has 86 valence electrons. The van der Waals surface area contributed by atoms with Gasteiger partial charge in [-0.3, -0.25) is 14.9 Å². The SMILES string of the molecule is NC(=O)c1cccc([N+](=O)[O-])c1OC(F)F. The number of ether oxygens (including phenoxy) is 1. The largest absolute Gasteiger partial charge is 0.427 e. The average molecular weight is 232 g/mol. The quantitative estimate of drug-likeness (QED) is 0.624. The van der Waals surface area contributed by atoms with Gasteiger partial charge in [-0.2, -0.15) is 8.78 Å². The summed E-state index contributed by atoms with van der Waals surface area (Å²) in [7, 11) is 0. The summed E-state index contributed by atoms with van der Waals surface area (Å²) in [6.07, 6.45) is 0. The number of amides is 1. The third kappa shape index (κ3) is 2.41. The zero-order valence-corrected chi connectivity index (χ0v) is 7.72. The van der Waals surface area contributed by atoms with Gasteiger partial charge in [0.25, 0.3) is 5.91 Å². The molecule has 0 aliphatic heterocycles. The third-order valence-corrected chi connectivity index (χ3v) is 1.66. The van der Waals surface area contributed by atoms with Crippen molar-refractivity contribution >= 4 is 11.6 Å². The summed E-state index contributed by atoms with van der Waals surface area (Å²) < 4.78 is 27.9. The monoisotopic (exact) mass is 232 g/mol. The molecule has 0 fully saturated rings. The van der Waals surface area contributed by atoms with Crippen LogP contribution in [0.2, 0.25) is 0 Å². The molecule has 1 amide bonds. The van der Waals surface area contributed by atoms with Crippen LogP contribution < -0.4 is 10.5 Å². The summed E-state index contributed by atoms with van der Waals surface area (Å²) in [6.45, 7) is -3.28. The van der Waals surface area contributed by atoms with Crippen LogP contribution in [-0.4, -0.2) is 17.4 Å². The minimum Gasteiger partial charge on any atom is -0.427 e. The van der Waals surface area contributed by atoms with Crippen LogP contribution in [0, 0.1) is 10.1 Å². The van der Waals surface area contributed by atoms with Crippen LogP contribution >= 0.6 is 0 Å². The molecule has 6 nitrogen and oxygen atoms in total. The standard InChI is InChI=1S/C8H6F2N2O4/c9-8(10)16-6-4(7(11)13)2-1-3-5(6)12(14)15/h1-3,8H,(H2,11,13). The molecule has 0 spiro atoms. The summed E-state index contributed by atoms with van der Waals surface area (Å²) in [6, 6.07) is 3.15. The number of carbonyl (C=O) groups excluding carboxylic acids is 1. The van der Waals surface area contributed by atoms with E-state index in [1.807, 2.05) is 0 Å². The first-order valence-corrected chi connectivity index (χ1v) is 3.95. The summed E-state index contributed by atoms with van der Waals surface area (Å²) in [4.78, 5) is 20.4. The van der Waals surface area contributed by atoms with Crippen molar-refractivity contribution in [3.63, 3.8) is 0 Å². The molecule has 0 heterocycles. The van der Waals surface area contributed by atoms with Crippen LogP contribution in [-0.2, 0) is 0 Å². The van der Waals surface area contributed by atoms with Crippen molar-refractivity contribution in [2.45, 2.75) is 6.61 Å². The first kappa shape index (κ1) is 11.8. The molecule has 0 aliphatic carbocycles. The second-order valence-electron chi connectivity index (χ2n) is 2.65. The van der Waals surface area contributed by atoms with Crippen molar-refractivity contribution in [2.75, 3.05) is 0 Å². The molecule has 2 N–H and O–H groups in total. The normalized spacial score (nSPS) is 10.2. The Kier molecular flexibility index (Phi) is 3.33. The zero-order chi connectivity index (χ0) is 12.3. The fourth-order valence-corrected chi connectivity index (χ4v) is 1.08. The molecule has 0 saturated heterocycles. The summed E-state index contributed by atoms with van der Waals surface area (Å²) in [5.74, 6) is -1.91. The lowest BCUT2D eigenvalue weighted by molar-refractivity contribution is -0.386. The number of rotatable bonds is 4. The van der Waals surface area contributed by atoms with Gasteiger partial charge in [0.2, 0.25) is 5.75 Å². The second-order valence-corrected chi connectivity index (χ2v) is 2.65. The van der Waals surface area contributed by atoms with E-state index in [0.717, 1.165) is 18.2 Å². The van der Waals surface area contributed by atoms with Crippen LogP contribution in [0.3, 0.4) is 0 Å². The molecule has 0 atom stereocenters. The lowest BCUT2D eigenvalue weighted by Crippen LogP contribution is -2.15. The van der Waals surface area contributed by atoms with Gasteiger partial charge in [-0.1, -0.05) is 6.07 Å². The van der Waals surface area contributed by atoms with Crippen molar-refractivity contribution in [1.29, 1.82) is 0 Å². The van der Waals surface area contributed by atoms with Gasteiger partial charge in [0.05, 0.1) is 10.5 Å². The number of hydrogen-bond donors (Lipinski definition) is 1. The summed E-state index contributed by atoms with van der Waals surface area (Å²) in [5, 5.41) is 10.5. The van der Waals surface area contributed by atoms with Crippen molar-refractivity contribution in [3.8, 4) is 5.75 Å². The number of nitro groups is 1. The fraction of sp³-hybridized carbons (Fsp3) is 0.125. The molecule has 1 rings (SSSR count). The number of hydrogen-bond acceptors (Lipinski definition) is 4. The maximum absolute atomic E-state index is 12.0. The maximum atomic E-state index is 12.0. The third-order valence-electron chi connectivity index (χ3n) is 1.66. The molecule has 0 bridgehead atoms. The van der Waals surface area contributed by atoms with Crippen molar-refractivity contribution < 1.29 is 23.2 Å². The van der Waals surface area contributed by atoms with Gasteiger partial charge in [0.1, 0.15) is 0 Å². The molecule has 1 aromatic carbocycles. The topological polar surface area (TPSA) is 95.5 Å². The van der Waals surface area contributed by atoms with E-state index in [-0.39, 0.29) is 0 Å². The van der Waals surface area contributed by atoms with Crippen LogP contribution in [0.25, 0.3) is 0 Å². The minimum atomic E-state index is -3.28. The maximum Gasteiger partial charge on any atom is 0.387 e. The number of para-hydroxylation sites is 1. The number of halogens is 2. The molecule has 0 radical (unpaired) electrons. The van der Waals surface area contributed by atoms with E-state index in [2.05, 4.69) is 4.74 Å². The van der Waals surface area contributed by atoms with E-state index in [1.54, 1.807) is 0 Å². The van der Waals surface area contributed by atoms with E-state index in [1.165, 1.54) is 0 Å². The Labute approximate surface area is 87.8 Å². The predicted octanol–water partition coefficient (Wildman–Crippen LogP) is 1.30. The Morgan fingerprint density at radius 3 is 2.56 bits per heavy atom. The van der Waals surface area contributed by atoms with Gasteiger partial charge in [-0.25, -0.2) is 0 Å². The molecule has 8 heteroatoms. The smallest absolute Gasteiger partial charge is 0.387 e. The van der Waals surface area contributed by atoms with E-state index in [0.29, 0.717) is 0 Å². The van der Waals surface area contributed by atoms with Gasteiger partial charge < -0.3 is 10.5 Å². The van der Waals surface area contributed by atoms with Crippen LogP contribution in [0.5, 0.6) is 5.75 Å². The molecule has 16 heavy (non-hydrogen) atoms. The summed E-state index contributed by atoms with van der Waals surface area (Å²) >= 11 is 0. The highest BCUT2D eigenvalue weighted by atomic mass is 19.3. The van der Waals surface area contributed by atoms with Gasteiger partial charge in [0, 0.05) is 6.07 Å². The van der Waals surface area contributed by atoms with Gasteiger partial charge in [0.15, 0.2) is 0 Å². The van der Waals surface area contributed by atoms with Gasteiger partial charge >= 0.3 is 12.3 Å². The molecule has 0 unspecified atom stereocenters. The Morgan fingerprint density at radius 1 is 1.50 bits per heavy atom. The molecule has 0 aliphatic rings. The van der Waals surface area contributed by atoms with E-state index in [4.69, 9.17) is 5.73 Å². The van der Waals surface area contributed by atoms with E-state index >= 15 is 0 Å². The highest BCUT2D eigenvalue weighted by Crippen LogP contribution is 2.31. The van der Waals surface area contributed by atoms with Crippen LogP contribution in [0.4, 0.5) is 14.5 Å². The predicted molar refractivity (Wildman–Crippen MR) is 48.2 cm³/mol. The van der Waals surface area contributed by atoms with E-state index < -0.39 is 34.4 Å². The number of nitrogens with zero attached hydrogens (tertiary/aromatic N) is 1. The number of nitro benzene ring substituents is 1. The molecule has 0 saturated carbocycles. The Hall–Kier alpha value is -2.25. The molecule has 1 aromatic rings. The lowest BCUT2D eigenvalue weighted by Gasteiger charge is -2.08. The van der Waals surface area contributed by atoms with Gasteiger partial charge in [-0.05, 0) is 6.07 Å². The number of primary amides is 1. The zero-order valence-electron chi connectivity index (χ0n) is 7.72. The number of alkyl halides is 2. The Morgan fingerprint density at radius 2 is 2.12 bits per heavy atom. The Balaban J connectivity index is 3.34. The first-order chi connectivity index (χ1) is 7.43. The number of benzene rings is 1. The second kappa shape index (κ2) is 4.51. The van der Waals surface area contributed by atoms with Gasteiger partial charge in [-0.15, -0.1) is 0 Å². The highest BCUT2D eigenvalue weighted by Gasteiger charge is 2.24. The highest BCUT2D eigenvalue weighted by molar-refractivity contribution is 5.97. The number of nitrogens with two attached hydrogens (primary N) is 1. The fourth-order valence-electron chi connectivity index (χ4n) is 1.08. The number of carbonyl (C=O) groups is 1. The lowest BCUT2D eigenvalue weighted by atomic mass is 10.1. The van der Waals surface area contributed by atoms with Crippen molar-refractivity contribution in [1.82, 2.24) is 0 Å². The van der Waals surface area contributed by atoms with Crippen LogP contribution in [0.1, 0.15) is 10.4 Å². The van der Waals surface area contributed by atoms with Crippen molar-refractivity contribution in [3.05, 3.63) is 33.9 Å². The van der Waals surface area contributed by atoms with Crippen LogP contribution in [0.15, 0.2) is 18.2 Å².